The highest BCUT2D eigenvalue weighted by Crippen LogP contribution is 2.30. The molecule has 5 heteroatoms. The van der Waals surface area contributed by atoms with Gasteiger partial charge >= 0.3 is 5.97 Å². The molecule has 19 heavy (non-hydrogen) atoms. The quantitative estimate of drug-likeness (QED) is 0.673. The third-order valence-electron chi connectivity index (χ3n) is 2.84. The lowest BCUT2D eigenvalue weighted by atomic mass is 10.1. The number of carboxylic acids is 1. The van der Waals surface area contributed by atoms with Crippen LogP contribution < -0.4 is 4.74 Å². The fraction of sp³-hybridized carbons (Fsp3) is 0.143. The first-order valence-electron chi connectivity index (χ1n) is 5.62. The summed E-state index contributed by atoms with van der Waals surface area (Å²) in [5, 5.41) is 9.25. The summed E-state index contributed by atoms with van der Waals surface area (Å²) in [4.78, 5) is 22.5. The van der Waals surface area contributed by atoms with E-state index in [0.29, 0.717) is 16.7 Å². The van der Waals surface area contributed by atoms with E-state index < -0.39 is 5.97 Å². The van der Waals surface area contributed by atoms with E-state index in [9.17, 15) is 9.59 Å². The molecule has 5 nitrogen and oxygen atoms in total. The first-order chi connectivity index (χ1) is 9.04. The zero-order valence-corrected chi connectivity index (χ0v) is 10.6. The number of ketones is 1. The van der Waals surface area contributed by atoms with Gasteiger partial charge in [0.25, 0.3) is 0 Å². The van der Waals surface area contributed by atoms with Crippen molar-refractivity contribution < 1.29 is 19.4 Å². The van der Waals surface area contributed by atoms with E-state index in [1.807, 2.05) is 19.2 Å². The van der Waals surface area contributed by atoms with Gasteiger partial charge in [0.2, 0.25) is 0 Å². The topological polar surface area (TPSA) is 68.5 Å². The van der Waals surface area contributed by atoms with Crippen molar-refractivity contribution >= 4 is 22.7 Å². The van der Waals surface area contributed by atoms with Crippen molar-refractivity contribution in [2.45, 2.75) is 0 Å². The maximum atomic E-state index is 12.0. The maximum absolute atomic E-state index is 12.0. The van der Waals surface area contributed by atoms with Crippen molar-refractivity contribution in [1.82, 2.24) is 4.57 Å². The van der Waals surface area contributed by atoms with E-state index in [4.69, 9.17) is 9.84 Å². The minimum Gasteiger partial charge on any atom is -0.496 e. The van der Waals surface area contributed by atoms with Gasteiger partial charge < -0.3 is 14.4 Å². The van der Waals surface area contributed by atoms with Crippen LogP contribution in [0.5, 0.6) is 5.75 Å². The molecule has 0 saturated heterocycles. The number of carbonyl (C=O) groups is 2. The summed E-state index contributed by atoms with van der Waals surface area (Å²) < 4.78 is 7.06. The molecule has 0 radical (unpaired) electrons. The van der Waals surface area contributed by atoms with Crippen LogP contribution in [0.4, 0.5) is 0 Å². The predicted molar refractivity (Wildman–Crippen MR) is 70.6 cm³/mol. The summed E-state index contributed by atoms with van der Waals surface area (Å²) in [6.07, 6.45) is 3.54. The molecule has 1 heterocycles. The number of aryl methyl sites for hydroxylation is 1. The van der Waals surface area contributed by atoms with Gasteiger partial charge in [-0.25, -0.2) is 4.79 Å². The number of carboxylic acid groups (broad SMARTS) is 1. The number of aliphatic carboxylic acids is 1. The molecule has 0 spiro atoms. The summed E-state index contributed by atoms with van der Waals surface area (Å²) in [5.41, 5.74) is 1.28. The van der Waals surface area contributed by atoms with Crippen molar-refractivity contribution in [3.8, 4) is 5.75 Å². The molecule has 0 bridgehead atoms. The summed E-state index contributed by atoms with van der Waals surface area (Å²) in [7, 11) is 3.35. The van der Waals surface area contributed by atoms with E-state index in [1.54, 1.807) is 16.8 Å². The molecular formula is C14H13NO4. The molecule has 1 aromatic heterocycles. The number of benzene rings is 1. The molecular weight excluding hydrogens is 246 g/mol. The molecule has 0 aliphatic heterocycles. The lowest BCUT2D eigenvalue weighted by Crippen LogP contribution is -1.96. The highest BCUT2D eigenvalue weighted by Gasteiger charge is 2.15. The van der Waals surface area contributed by atoms with Gasteiger partial charge in [0, 0.05) is 19.3 Å². The Hall–Kier alpha value is -2.56. The van der Waals surface area contributed by atoms with Gasteiger partial charge in [-0.1, -0.05) is 6.07 Å². The number of aromatic nitrogens is 1. The molecule has 0 amide bonds. The normalized spacial score (nSPS) is 11.1. The summed E-state index contributed by atoms with van der Waals surface area (Å²) in [6, 6.07) is 5.47. The Morgan fingerprint density at radius 2 is 2.05 bits per heavy atom. The van der Waals surface area contributed by atoms with Crippen molar-refractivity contribution in [2.75, 3.05) is 7.11 Å². The van der Waals surface area contributed by atoms with E-state index >= 15 is 0 Å². The number of hydrogen-bond acceptors (Lipinski definition) is 3. The predicted octanol–water partition coefficient (Wildman–Crippen LogP) is 2.01. The highest BCUT2D eigenvalue weighted by molar-refractivity contribution is 6.16. The Kier molecular flexibility index (Phi) is 3.37. The maximum Gasteiger partial charge on any atom is 0.328 e. The fourth-order valence-corrected chi connectivity index (χ4v) is 2.01. The number of rotatable bonds is 4. The lowest BCUT2D eigenvalue weighted by molar-refractivity contribution is -0.131. The van der Waals surface area contributed by atoms with Crippen LogP contribution in [0.15, 0.2) is 36.5 Å². The Morgan fingerprint density at radius 1 is 1.32 bits per heavy atom. The Labute approximate surface area is 109 Å². The van der Waals surface area contributed by atoms with Crippen LogP contribution in [0.25, 0.3) is 10.9 Å². The first-order valence-corrected chi connectivity index (χ1v) is 5.62. The second-order valence-corrected chi connectivity index (χ2v) is 4.04. The number of nitrogens with zero attached hydrogens (tertiary/aromatic N) is 1. The van der Waals surface area contributed by atoms with Crippen LogP contribution in [-0.4, -0.2) is 28.5 Å². The average molecular weight is 259 g/mol. The Balaban J connectivity index is 2.61. The fourth-order valence-electron chi connectivity index (χ4n) is 2.01. The number of fused-ring (bicyclic) bond motifs is 1. The first kappa shape index (κ1) is 12.9. The number of ether oxygens (including phenoxy) is 1. The van der Waals surface area contributed by atoms with E-state index in [2.05, 4.69) is 0 Å². The van der Waals surface area contributed by atoms with Gasteiger partial charge in [0.15, 0.2) is 5.78 Å². The molecule has 0 aliphatic rings. The molecule has 98 valence electrons. The van der Waals surface area contributed by atoms with Gasteiger partial charge in [-0.05, 0) is 18.2 Å². The van der Waals surface area contributed by atoms with Crippen LogP contribution in [-0.2, 0) is 11.8 Å². The van der Waals surface area contributed by atoms with Crippen molar-refractivity contribution in [3.05, 3.63) is 42.1 Å². The highest BCUT2D eigenvalue weighted by atomic mass is 16.5. The molecule has 0 aliphatic carbocycles. The van der Waals surface area contributed by atoms with Gasteiger partial charge in [0.05, 0.1) is 23.6 Å². The largest absolute Gasteiger partial charge is 0.496 e. The Morgan fingerprint density at radius 3 is 2.68 bits per heavy atom. The third-order valence-corrected chi connectivity index (χ3v) is 2.84. The van der Waals surface area contributed by atoms with E-state index in [1.165, 1.54) is 7.11 Å². The zero-order valence-electron chi connectivity index (χ0n) is 10.6. The molecule has 1 aromatic carbocycles. The standard InChI is InChI=1S/C14H13NO4/c1-15-8-9(11(16)6-7-13(17)18)14-10(15)4-3-5-12(14)19-2/h3-8H,1-2H3,(H,17,18)/b7-6+. The van der Waals surface area contributed by atoms with Crippen molar-refractivity contribution in [3.63, 3.8) is 0 Å². The van der Waals surface area contributed by atoms with Crippen LogP contribution in [0.3, 0.4) is 0 Å². The van der Waals surface area contributed by atoms with Crippen LogP contribution in [0.2, 0.25) is 0 Å². The Bertz CT molecular complexity index is 682. The number of allylic oxidation sites excluding steroid dienone is 1. The van der Waals surface area contributed by atoms with E-state index in [-0.39, 0.29) is 5.78 Å². The number of methoxy groups -OCH3 is 1. The number of hydrogen-bond donors (Lipinski definition) is 1. The monoisotopic (exact) mass is 259 g/mol. The van der Waals surface area contributed by atoms with Gasteiger partial charge in [-0.15, -0.1) is 0 Å². The van der Waals surface area contributed by atoms with Crippen LogP contribution in [0, 0.1) is 0 Å². The van der Waals surface area contributed by atoms with Gasteiger partial charge in [-0.2, -0.15) is 0 Å². The molecule has 2 rings (SSSR count). The van der Waals surface area contributed by atoms with E-state index in [0.717, 1.165) is 17.7 Å². The minimum atomic E-state index is -1.15. The summed E-state index contributed by atoms with van der Waals surface area (Å²) in [6.45, 7) is 0. The lowest BCUT2D eigenvalue weighted by Gasteiger charge is -2.03. The molecule has 2 aromatic rings. The zero-order chi connectivity index (χ0) is 14.0. The second kappa shape index (κ2) is 4.97. The van der Waals surface area contributed by atoms with Gasteiger partial charge in [0.1, 0.15) is 5.75 Å². The third kappa shape index (κ3) is 2.35. The molecule has 0 unspecified atom stereocenters. The molecule has 0 atom stereocenters. The van der Waals surface area contributed by atoms with Crippen LogP contribution in [0.1, 0.15) is 10.4 Å². The van der Waals surface area contributed by atoms with Crippen molar-refractivity contribution in [1.29, 1.82) is 0 Å². The second-order valence-electron chi connectivity index (χ2n) is 4.04. The SMILES string of the molecule is COc1cccc2c1c(C(=O)/C=C/C(=O)O)cn2C. The number of carbonyl (C=O) groups excluding carboxylic acids is 1. The smallest absolute Gasteiger partial charge is 0.328 e. The summed E-state index contributed by atoms with van der Waals surface area (Å²) >= 11 is 0. The minimum absolute atomic E-state index is 0.363. The molecule has 0 fully saturated rings. The van der Waals surface area contributed by atoms with Crippen LogP contribution >= 0.6 is 0 Å². The molecule has 1 N–H and O–H groups in total. The van der Waals surface area contributed by atoms with Crippen molar-refractivity contribution in [2.24, 2.45) is 7.05 Å². The average Bonchev–Trinajstić information content (AvgIpc) is 2.74. The molecule has 0 saturated carbocycles. The summed E-state index contributed by atoms with van der Waals surface area (Å²) in [5.74, 6) is -0.928. The van der Waals surface area contributed by atoms with Gasteiger partial charge in [-0.3, -0.25) is 4.79 Å².